The third-order valence-corrected chi connectivity index (χ3v) is 5.93. The molecule has 174 valence electrons. The molecule has 1 heterocycles. The van der Waals surface area contributed by atoms with E-state index in [0.29, 0.717) is 41.2 Å². The Bertz CT molecular complexity index is 1100. The van der Waals surface area contributed by atoms with Gasteiger partial charge in [0.25, 0.3) is 0 Å². The quantitative estimate of drug-likeness (QED) is 0.216. The molecule has 0 saturated carbocycles. The SMILES string of the molecule is C=CCn1c(CCCOc2ccc(Cl)cc2C)nnc1SCC(=O)Nc1cccc(OC)c1. The van der Waals surface area contributed by atoms with Gasteiger partial charge in [-0.15, -0.1) is 16.8 Å². The lowest BCUT2D eigenvalue weighted by Crippen LogP contribution is -2.15. The van der Waals surface area contributed by atoms with Crippen molar-refractivity contribution in [2.75, 3.05) is 24.8 Å². The number of aromatic nitrogens is 3. The maximum Gasteiger partial charge on any atom is 0.234 e. The largest absolute Gasteiger partial charge is 0.497 e. The van der Waals surface area contributed by atoms with Gasteiger partial charge in [0, 0.05) is 29.7 Å². The molecule has 3 aromatic rings. The van der Waals surface area contributed by atoms with Crippen LogP contribution in [0, 0.1) is 6.92 Å². The average molecular weight is 487 g/mol. The fraction of sp³-hybridized carbons (Fsp3) is 0.292. The number of nitrogens with zero attached hydrogens (tertiary/aromatic N) is 3. The first-order valence-corrected chi connectivity index (χ1v) is 11.8. The summed E-state index contributed by atoms with van der Waals surface area (Å²) in [5.41, 5.74) is 1.69. The molecule has 0 aliphatic rings. The molecular weight excluding hydrogens is 460 g/mol. The van der Waals surface area contributed by atoms with E-state index in [1.165, 1.54) is 11.8 Å². The van der Waals surface area contributed by atoms with Gasteiger partial charge in [-0.2, -0.15) is 0 Å². The molecule has 7 nitrogen and oxygen atoms in total. The maximum absolute atomic E-state index is 12.4. The van der Waals surface area contributed by atoms with Gasteiger partial charge in [-0.3, -0.25) is 4.79 Å². The monoisotopic (exact) mass is 486 g/mol. The summed E-state index contributed by atoms with van der Waals surface area (Å²) < 4.78 is 13.0. The summed E-state index contributed by atoms with van der Waals surface area (Å²) in [7, 11) is 1.59. The lowest BCUT2D eigenvalue weighted by atomic mass is 10.2. The van der Waals surface area contributed by atoms with Gasteiger partial charge in [0.05, 0.1) is 19.5 Å². The van der Waals surface area contributed by atoms with Crippen molar-refractivity contribution in [2.45, 2.75) is 31.5 Å². The third-order valence-electron chi connectivity index (χ3n) is 4.73. The van der Waals surface area contributed by atoms with Crippen LogP contribution in [0.25, 0.3) is 0 Å². The van der Waals surface area contributed by atoms with Gasteiger partial charge in [-0.25, -0.2) is 0 Å². The smallest absolute Gasteiger partial charge is 0.234 e. The minimum absolute atomic E-state index is 0.130. The summed E-state index contributed by atoms with van der Waals surface area (Å²) in [6.45, 7) is 6.91. The van der Waals surface area contributed by atoms with Gasteiger partial charge in [-0.05, 0) is 49.2 Å². The molecular formula is C24H27ClN4O3S. The van der Waals surface area contributed by atoms with Gasteiger partial charge in [0.15, 0.2) is 5.16 Å². The highest BCUT2D eigenvalue weighted by molar-refractivity contribution is 7.99. The van der Waals surface area contributed by atoms with Crippen molar-refractivity contribution in [3.8, 4) is 11.5 Å². The molecule has 0 aliphatic carbocycles. The summed E-state index contributed by atoms with van der Waals surface area (Å²) in [5, 5.41) is 12.8. The van der Waals surface area contributed by atoms with Crippen LogP contribution in [0.4, 0.5) is 5.69 Å². The van der Waals surface area contributed by atoms with Crippen LogP contribution in [-0.2, 0) is 17.8 Å². The van der Waals surface area contributed by atoms with Crippen LogP contribution in [0.1, 0.15) is 17.8 Å². The fourth-order valence-corrected chi connectivity index (χ4v) is 4.13. The topological polar surface area (TPSA) is 78.3 Å². The normalized spacial score (nSPS) is 10.6. The van der Waals surface area contributed by atoms with E-state index in [4.69, 9.17) is 21.1 Å². The first-order chi connectivity index (χ1) is 16.0. The van der Waals surface area contributed by atoms with Gasteiger partial charge >= 0.3 is 0 Å². The Morgan fingerprint density at radius 1 is 1.27 bits per heavy atom. The van der Waals surface area contributed by atoms with Gasteiger partial charge < -0.3 is 19.4 Å². The Hall–Kier alpha value is -2.97. The second kappa shape index (κ2) is 12.3. The number of anilines is 1. The molecule has 3 rings (SSSR count). The number of ether oxygens (including phenoxy) is 2. The summed E-state index contributed by atoms with van der Waals surface area (Å²) in [6.07, 6.45) is 3.27. The number of methoxy groups -OCH3 is 1. The molecule has 0 unspecified atom stereocenters. The number of allylic oxidation sites excluding steroid dienone is 1. The van der Waals surface area contributed by atoms with Crippen LogP contribution in [0.5, 0.6) is 11.5 Å². The first kappa shape index (κ1) is 24.7. The van der Waals surface area contributed by atoms with Crippen molar-refractivity contribution < 1.29 is 14.3 Å². The lowest BCUT2D eigenvalue weighted by molar-refractivity contribution is -0.113. The Morgan fingerprint density at radius 2 is 2.12 bits per heavy atom. The van der Waals surface area contributed by atoms with Crippen molar-refractivity contribution in [1.82, 2.24) is 14.8 Å². The number of rotatable bonds is 12. The molecule has 2 aromatic carbocycles. The average Bonchev–Trinajstić information content (AvgIpc) is 3.18. The number of nitrogens with one attached hydrogen (secondary N) is 1. The van der Waals surface area contributed by atoms with E-state index in [0.717, 1.165) is 23.6 Å². The highest BCUT2D eigenvalue weighted by atomic mass is 35.5. The van der Waals surface area contributed by atoms with Crippen molar-refractivity contribution >= 4 is 35.0 Å². The van der Waals surface area contributed by atoms with Gasteiger partial charge in [0.2, 0.25) is 5.91 Å². The van der Waals surface area contributed by atoms with E-state index in [1.807, 2.05) is 47.9 Å². The number of aryl methyl sites for hydroxylation is 2. The molecule has 9 heteroatoms. The van der Waals surface area contributed by atoms with Crippen molar-refractivity contribution in [3.63, 3.8) is 0 Å². The number of thioether (sulfide) groups is 1. The minimum atomic E-state index is -0.130. The Kier molecular flexibility index (Phi) is 9.21. The van der Waals surface area contributed by atoms with Crippen LogP contribution in [-0.4, -0.2) is 40.1 Å². The van der Waals surface area contributed by atoms with Gasteiger partial charge in [0.1, 0.15) is 17.3 Å². The molecule has 1 N–H and O–H groups in total. The number of carbonyl (C=O) groups is 1. The molecule has 33 heavy (non-hydrogen) atoms. The number of hydrogen-bond acceptors (Lipinski definition) is 6. The van der Waals surface area contributed by atoms with Crippen LogP contribution in [0.15, 0.2) is 60.3 Å². The van der Waals surface area contributed by atoms with Crippen LogP contribution < -0.4 is 14.8 Å². The lowest BCUT2D eigenvalue weighted by Gasteiger charge is -2.10. The van der Waals surface area contributed by atoms with Crippen LogP contribution in [0.2, 0.25) is 5.02 Å². The number of carbonyl (C=O) groups excluding carboxylic acids is 1. The Labute approximate surface area is 203 Å². The zero-order chi connectivity index (χ0) is 23.6. The highest BCUT2D eigenvalue weighted by Gasteiger charge is 2.14. The predicted octanol–water partition coefficient (Wildman–Crippen LogP) is 5.18. The minimum Gasteiger partial charge on any atom is -0.497 e. The van der Waals surface area contributed by atoms with Crippen LogP contribution >= 0.6 is 23.4 Å². The second-order valence-corrected chi connectivity index (χ2v) is 8.61. The van der Waals surface area contributed by atoms with Gasteiger partial charge in [-0.1, -0.05) is 35.5 Å². The molecule has 1 amide bonds. The van der Waals surface area contributed by atoms with E-state index >= 15 is 0 Å². The van der Waals surface area contributed by atoms with E-state index in [-0.39, 0.29) is 11.7 Å². The summed E-state index contributed by atoms with van der Waals surface area (Å²) >= 11 is 7.33. The highest BCUT2D eigenvalue weighted by Crippen LogP contribution is 2.23. The summed E-state index contributed by atoms with van der Waals surface area (Å²) in [5.74, 6) is 2.43. The molecule has 0 radical (unpaired) electrons. The third kappa shape index (κ3) is 7.27. The fourth-order valence-electron chi connectivity index (χ4n) is 3.14. The Balaban J connectivity index is 1.52. The molecule has 0 spiro atoms. The summed E-state index contributed by atoms with van der Waals surface area (Å²) in [6, 6.07) is 12.8. The number of halogens is 1. The number of hydrogen-bond donors (Lipinski definition) is 1. The molecule has 0 fully saturated rings. The Morgan fingerprint density at radius 3 is 2.88 bits per heavy atom. The van der Waals surface area contributed by atoms with Crippen LogP contribution in [0.3, 0.4) is 0 Å². The molecule has 0 atom stereocenters. The molecule has 0 saturated heterocycles. The van der Waals surface area contributed by atoms with E-state index in [1.54, 1.807) is 19.3 Å². The zero-order valence-corrected chi connectivity index (χ0v) is 20.3. The summed E-state index contributed by atoms with van der Waals surface area (Å²) in [4.78, 5) is 12.4. The molecule has 1 aromatic heterocycles. The van der Waals surface area contributed by atoms with E-state index < -0.39 is 0 Å². The first-order valence-electron chi connectivity index (χ1n) is 10.5. The standard InChI is InChI=1S/C24H27ClN4O3S/c1-4-12-29-22(9-6-13-32-21-11-10-18(25)14-17(21)2)27-28-24(29)33-16-23(30)26-19-7-5-8-20(15-19)31-3/h4-5,7-8,10-11,14-15H,1,6,9,12-13,16H2,2-3H3,(H,26,30). The zero-order valence-electron chi connectivity index (χ0n) is 18.7. The second-order valence-electron chi connectivity index (χ2n) is 7.23. The predicted molar refractivity (Wildman–Crippen MR) is 133 cm³/mol. The number of amides is 1. The van der Waals surface area contributed by atoms with E-state index in [9.17, 15) is 4.79 Å². The number of benzene rings is 2. The van der Waals surface area contributed by atoms with E-state index in [2.05, 4.69) is 22.1 Å². The van der Waals surface area contributed by atoms with Crippen molar-refractivity contribution in [1.29, 1.82) is 0 Å². The molecule has 0 aliphatic heterocycles. The van der Waals surface area contributed by atoms with Crippen molar-refractivity contribution in [3.05, 3.63) is 71.5 Å². The maximum atomic E-state index is 12.4. The van der Waals surface area contributed by atoms with Crippen molar-refractivity contribution in [2.24, 2.45) is 0 Å². The molecule has 0 bridgehead atoms.